The third-order valence-corrected chi connectivity index (χ3v) is 2.50. The van der Waals surface area contributed by atoms with Crippen LogP contribution in [0.4, 0.5) is 10.3 Å². The van der Waals surface area contributed by atoms with Gasteiger partial charge in [0.25, 0.3) is 0 Å². The molecule has 5 nitrogen and oxygen atoms in total. The summed E-state index contributed by atoms with van der Waals surface area (Å²) in [6.07, 6.45) is 1.29. The van der Waals surface area contributed by atoms with Crippen LogP contribution in [0.1, 0.15) is 20.8 Å². The second-order valence-corrected chi connectivity index (χ2v) is 4.63. The summed E-state index contributed by atoms with van der Waals surface area (Å²) < 4.78 is 20.0. The maximum Gasteiger partial charge on any atom is 0.243 e. The van der Waals surface area contributed by atoms with Crippen molar-refractivity contribution in [2.24, 2.45) is 0 Å². The van der Waals surface area contributed by atoms with E-state index >= 15 is 0 Å². The Bertz CT molecular complexity index is 538. The molecule has 98 valence electrons. The van der Waals surface area contributed by atoms with Gasteiger partial charge < -0.3 is 10.1 Å². The summed E-state index contributed by atoms with van der Waals surface area (Å²) in [5.74, 6) is 0.127. The second kappa shape index (κ2) is 4.89. The highest BCUT2D eigenvalue weighted by Crippen LogP contribution is 2.11. The molecule has 2 aromatic heterocycles. The number of anilines is 1. The summed E-state index contributed by atoms with van der Waals surface area (Å²) in [5.41, 5.74) is 0.311. The number of nitrogens with zero attached hydrogens (tertiary/aromatic N) is 3. The Balaban J connectivity index is 2.08. The number of aromatic nitrogens is 3. The third kappa shape index (κ3) is 2.95. The van der Waals surface area contributed by atoms with Crippen LogP contribution in [0, 0.1) is 5.82 Å². The van der Waals surface area contributed by atoms with Crippen LogP contribution in [0.5, 0.6) is 0 Å². The lowest BCUT2D eigenvalue weighted by Crippen LogP contribution is -2.33. The molecule has 0 aromatic carbocycles. The fraction of sp³-hybridized carbons (Fsp3) is 0.500. The Morgan fingerprint density at radius 3 is 2.94 bits per heavy atom. The fourth-order valence-corrected chi connectivity index (χ4v) is 1.67. The molecule has 0 bridgehead atoms. The normalized spacial score (nSPS) is 12.0. The maximum atomic E-state index is 13.0. The van der Waals surface area contributed by atoms with E-state index in [9.17, 15) is 4.39 Å². The third-order valence-electron chi connectivity index (χ3n) is 2.50. The van der Waals surface area contributed by atoms with Crippen molar-refractivity contribution in [3.05, 3.63) is 24.1 Å². The summed E-state index contributed by atoms with van der Waals surface area (Å²) in [5, 5.41) is 7.22. The standard InChI is InChI=1S/C12H17FN4O/c1-4-18-12(2,3)8-14-11-15-10-6-5-9(13)7-17(10)16-11/h5-7H,4,8H2,1-3H3,(H,14,16). The van der Waals surface area contributed by atoms with E-state index in [1.165, 1.54) is 16.8 Å². The van der Waals surface area contributed by atoms with Gasteiger partial charge in [0, 0.05) is 13.2 Å². The van der Waals surface area contributed by atoms with E-state index in [-0.39, 0.29) is 11.4 Å². The Morgan fingerprint density at radius 2 is 2.22 bits per heavy atom. The van der Waals surface area contributed by atoms with Crippen LogP contribution < -0.4 is 5.32 Å². The summed E-state index contributed by atoms with van der Waals surface area (Å²) in [6, 6.07) is 2.94. The van der Waals surface area contributed by atoms with Crippen LogP contribution in [0.25, 0.3) is 5.65 Å². The molecule has 2 aromatic rings. The fourth-order valence-electron chi connectivity index (χ4n) is 1.67. The number of halogens is 1. The Kier molecular flexibility index (Phi) is 3.47. The van der Waals surface area contributed by atoms with Gasteiger partial charge >= 0.3 is 0 Å². The van der Waals surface area contributed by atoms with Crippen LogP contribution in [0.15, 0.2) is 18.3 Å². The Labute approximate surface area is 105 Å². The number of fused-ring (bicyclic) bond motifs is 1. The molecule has 0 aliphatic rings. The van der Waals surface area contributed by atoms with E-state index in [0.29, 0.717) is 24.7 Å². The van der Waals surface area contributed by atoms with E-state index in [4.69, 9.17) is 4.74 Å². The predicted octanol–water partition coefficient (Wildman–Crippen LogP) is 2.10. The molecule has 0 saturated heterocycles. The molecule has 6 heteroatoms. The molecule has 0 aliphatic carbocycles. The molecular formula is C12H17FN4O. The van der Waals surface area contributed by atoms with Crippen molar-refractivity contribution < 1.29 is 9.13 Å². The molecule has 2 heterocycles. The average Bonchev–Trinajstić information content (AvgIpc) is 2.68. The van der Waals surface area contributed by atoms with Gasteiger partial charge in [0.2, 0.25) is 5.95 Å². The molecular weight excluding hydrogens is 235 g/mol. The zero-order chi connectivity index (χ0) is 13.2. The van der Waals surface area contributed by atoms with Crippen molar-refractivity contribution in [3.63, 3.8) is 0 Å². The van der Waals surface area contributed by atoms with Gasteiger partial charge in [-0.2, -0.15) is 4.98 Å². The van der Waals surface area contributed by atoms with Gasteiger partial charge in [0.15, 0.2) is 5.65 Å². The maximum absolute atomic E-state index is 13.0. The van der Waals surface area contributed by atoms with Gasteiger partial charge in [-0.15, -0.1) is 5.10 Å². The highest BCUT2D eigenvalue weighted by atomic mass is 19.1. The SMILES string of the molecule is CCOC(C)(C)CNc1nc2ccc(F)cn2n1. The summed E-state index contributed by atoms with van der Waals surface area (Å²) in [4.78, 5) is 4.24. The first-order valence-electron chi connectivity index (χ1n) is 5.90. The molecule has 0 atom stereocenters. The summed E-state index contributed by atoms with van der Waals surface area (Å²) in [6.45, 7) is 7.16. The Hall–Kier alpha value is -1.69. The molecule has 0 spiro atoms. The summed E-state index contributed by atoms with van der Waals surface area (Å²) in [7, 11) is 0. The molecule has 0 saturated carbocycles. The van der Waals surface area contributed by atoms with Crippen molar-refractivity contribution in [1.82, 2.24) is 14.6 Å². The van der Waals surface area contributed by atoms with Crippen molar-refractivity contribution in [2.45, 2.75) is 26.4 Å². The first kappa shape index (κ1) is 12.8. The molecule has 0 unspecified atom stereocenters. The van der Waals surface area contributed by atoms with Gasteiger partial charge in [0.05, 0.1) is 11.8 Å². The van der Waals surface area contributed by atoms with Gasteiger partial charge in [-0.3, -0.25) is 0 Å². The first-order chi connectivity index (χ1) is 8.50. The number of rotatable bonds is 5. The van der Waals surface area contributed by atoms with E-state index in [1.54, 1.807) is 6.07 Å². The minimum absolute atomic E-state index is 0.294. The topological polar surface area (TPSA) is 51.5 Å². The lowest BCUT2D eigenvalue weighted by Gasteiger charge is -2.24. The molecule has 1 N–H and O–H groups in total. The first-order valence-corrected chi connectivity index (χ1v) is 5.90. The number of pyridine rings is 1. The minimum Gasteiger partial charge on any atom is -0.374 e. The van der Waals surface area contributed by atoms with Crippen molar-refractivity contribution in [1.29, 1.82) is 0 Å². The van der Waals surface area contributed by atoms with Crippen LogP contribution >= 0.6 is 0 Å². The van der Waals surface area contributed by atoms with E-state index in [1.807, 2.05) is 20.8 Å². The zero-order valence-corrected chi connectivity index (χ0v) is 10.8. The van der Waals surface area contributed by atoms with Crippen LogP contribution in [-0.4, -0.2) is 33.4 Å². The second-order valence-electron chi connectivity index (χ2n) is 4.63. The number of ether oxygens (including phenoxy) is 1. The summed E-state index contributed by atoms with van der Waals surface area (Å²) >= 11 is 0. The molecule has 18 heavy (non-hydrogen) atoms. The molecule has 0 radical (unpaired) electrons. The Morgan fingerprint density at radius 1 is 1.44 bits per heavy atom. The smallest absolute Gasteiger partial charge is 0.243 e. The van der Waals surface area contributed by atoms with Gasteiger partial charge in [-0.1, -0.05) is 0 Å². The van der Waals surface area contributed by atoms with E-state index < -0.39 is 0 Å². The van der Waals surface area contributed by atoms with E-state index in [0.717, 1.165) is 0 Å². The molecule has 0 aliphatic heterocycles. The van der Waals surface area contributed by atoms with Crippen molar-refractivity contribution in [2.75, 3.05) is 18.5 Å². The minimum atomic E-state index is -0.339. The van der Waals surface area contributed by atoms with E-state index in [2.05, 4.69) is 15.4 Å². The lowest BCUT2D eigenvalue weighted by molar-refractivity contribution is 0.000585. The molecule has 0 fully saturated rings. The number of hydrogen-bond donors (Lipinski definition) is 1. The van der Waals surface area contributed by atoms with Crippen molar-refractivity contribution in [3.8, 4) is 0 Å². The average molecular weight is 252 g/mol. The largest absolute Gasteiger partial charge is 0.374 e. The quantitative estimate of drug-likeness (QED) is 0.885. The van der Waals surface area contributed by atoms with Gasteiger partial charge in [-0.25, -0.2) is 8.91 Å². The molecule has 2 rings (SSSR count). The monoisotopic (exact) mass is 252 g/mol. The van der Waals surface area contributed by atoms with Gasteiger partial charge in [-0.05, 0) is 32.9 Å². The predicted molar refractivity (Wildman–Crippen MR) is 67.1 cm³/mol. The van der Waals surface area contributed by atoms with Crippen LogP contribution in [0.3, 0.4) is 0 Å². The highest BCUT2D eigenvalue weighted by molar-refractivity contribution is 5.43. The highest BCUT2D eigenvalue weighted by Gasteiger charge is 2.18. The number of hydrogen-bond acceptors (Lipinski definition) is 4. The van der Waals surface area contributed by atoms with Crippen molar-refractivity contribution >= 4 is 11.6 Å². The zero-order valence-electron chi connectivity index (χ0n) is 10.8. The lowest BCUT2D eigenvalue weighted by atomic mass is 10.1. The van der Waals surface area contributed by atoms with Crippen LogP contribution in [0.2, 0.25) is 0 Å². The number of nitrogens with one attached hydrogen (secondary N) is 1. The van der Waals surface area contributed by atoms with Gasteiger partial charge in [0.1, 0.15) is 5.82 Å². The van der Waals surface area contributed by atoms with Crippen LogP contribution in [-0.2, 0) is 4.74 Å². The molecule has 0 amide bonds.